The van der Waals surface area contributed by atoms with E-state index in [1.54, 1.807) is 12.1 Å². The number of rotatable bonds is 7. The summed E-state index contributed by atoms with van der Waals surface area (Å²) in [6.07, 6.45) is 0.699. The number of nitrogens with one attached hydrogen (secondary N) is 1. The first-order chi connectivity index (χ1) is 14.1. The molecule has 2 amide bonds. The van der Waals surface area contributed by atoms with E-state index in [2.05, 4.69) is 53.2 Å². The van der Waals surface area contributed by atoms with Gasteiger partial charge in [0.15, 0.2) is 0 Å². The number of carbonyl (C=O) groups excluding carboxylic acids is 1. The van der Waals surface area contributed by atoms with E-state index < -0.39 is 0 Å². The molecule has 3 rings (SSSR count). The van der Waals surface area contributed by atoms with Crippen molar-refractivity contribution >= 4 is 17.4 Å². The number of piperazine rings is 1. The monoisotopic (exact) mass is 398 g/mol. The summed E-state index contributed by atoms with van der Waals surface area (Å²) in [6.45, 7) is 9.97. The number of halogens is 1. The minimum atomic E-state index is -0.238. The lowest BCUT2D eigenvalue weighted by Gasteiger charge is -2.36. The molecule has 0 aliphatic carbocycles. The lowest BCUT2D eigenvalue weighted by molar-refractivity contribution is 0.194. The van der Waals surface area contributed by atoms with Crippen molar-refractivity contribution in [3.8, 4) is 0 Å². The molecule has 0 saturated carbocycles. The molecule has 1 heterocycles. The summed E-state index contributed by atoms with van der Waals surface area (Å²) < 4.78 is 12.9. The van der Waals surface area contributed by atoms with Gasteiger partial charge in [-0.25, -0.2) is 9.18 Å². The highest BCUT2D eigenvalue weighted by molar-refractivity contribution is 5.74. The van der Waals surface area contributed by atoms with E-state index in [9.17, 15) is 9.18 Å². The average molecular weight is 399 g/mol. The van der Waals surface area contributed by atoms with Crippen molar-refractivity contribution < 1.29 is 9.18 Å². The summed E-state index contributed by atoms with van der Waals surface area (Å²) in [5.41, 5.74) is 3.47. The van der Waals surface area contributed by atoms with Crippen molar-refractivity contribution in [1.29, 1.82) is 0 Å². The highest BCUT2D eigenvalue weighted by Gasteiger charge is 2.21. The van der Waals surface area contributed by atoms with E-state index in [4.69, 9.17) is 0 Å². The van der Waals surface area contributed by atoms with Crippen LogP contribution in [0.15, 0.2) is 48.5 Å². The van der Waals surface area contributed by atoms with Crippen LogP contribution >= 0.6 is 0 Å². The number of anilines is 2. The molecule has 156 valence electrons. The number of nitrogens with zero attached hydrogens (tertiary/aromatic N) is 3. The number of benzene rings is 2. The molecule has 2 aromatic carbocycles. The fourth-order valence-corrected chi connectivity index (χ4v) is 3.71. The largest absolute Gasteiger partial charge is 0.372 e. The van der Waals surface area contributed by atoms with E-state index in [1.165, 1.54) is 23.5 Å². The number of urea groups is 1. The third kappa shape index (κ3) is 5.62. The van der Waals surface area contributed by atoms with Crippen molar-refractivity contribution in [1.82, 2.24) is 10.2 Å². The second kappa shape index (κ2) is 10.1. The van der Waals surface area contributed by atoms with Crippen LogP contribution in [-0.4, -0.2) is 56.7 Å². The molecule has 1 aliphatic rings. The third-order valence-electron chi connectivity index (χ3n) is 5.51. The Morgan fingerprint density at radius 1 is 0.966 bits per heavy atom. The number of carbonyl (C=O) groups is 1. The highest BCUT2D eigenvalue weighted by atomic mass is 19.1. The quantitative estimate of drug-likeness (QED) is 0.772. The molecule has 1 N–H and O–H groups in total. The zero-order valence-electron chi connectivity index (χ0n) is 17.4. The molecule has 0 spiro atoms. The lowest BCUT2D eigenvalue weighted by atomic mass is 10.1. The van der Waals surface area contributed by atoms with Gasteiger partial charge in [-0.15, -0.1) is 0 Å². The van der Waals surface area contributed by atoms with Gasteiger partial charge in [0.1, 0.15) is 5.82 Å². The summed E-state index contributed by atoms with van der Waals surface area (Å²) in [4.78, 5) is 18.9. The minimum Gasteiger partial charge on any atom is -0.372 e. The molecule has 5 nitrogen and oxygen atoms in total. The SMILES string of the molecule is CCN(CC)c1ccc(N2CCN(C(=O)NCCc3ccc(F)cc3)CC2)cc1. The highest BCUT2D eigenvalue weighted by Crippen LogP contribution is 2.22. The van der Waals surface area contributed by atoms with Crippen molar-refractivity contribution in [3.05, 3.63) is 59.9 Å². The maximum Gasteiger partial charge on any atom is 0.317 e. The Balaban J connectivity index is 1.43. The Labute approximate surface area is 173 Å². The van der Waals surface area contributed by atoms with Gasteiger partial charge in [0.05, 0.1) is 0 Å². The second-order valence-corrected chi connectivity index (χ2v) is 7.27. The molecular weight excluding hydrogens is 367 g/mol. The molecule has 0 bridgehead atoms. The molecule has 1 saturated heterocycles. The lowest BCUT2D eigenvalue weighted by Crippen LogP contribution is -2.52. The normalized spacial score (nSPS) is 14.0. The van der Waals surface area contributed by atoms with E-state index in [-0.39, 0.29) is 11.8 Å². The summed E-state index contributed by atoms with van der Waals surface area (Å²) >= 11 is 0. The summed E-state index contributed by atoms with van der Waals surface area (Å²) in [5, 5.41) is 2.97. The zero-order valence-corrected chi connectivity index (χ0v) is 17.4. The molecule has 0 radical (unpaired) electrons. The Bertz CT molecular complexity index is 766. The maximum absolute atomic E-state index is 12.9. The van der Waals surface area contributed by atoms with E-state index in [0.29, 0.717) is 26.1 Å². The van der Waals surface area contributed by atoms with Gasteiger partial charge in [-0.3, -0.25) is 0 Å². The first-order valence-electron chi connectivity index (χ1n) is 10.5. The Kier molecular flexibility index (Phi) is 7.33. The second-order valence-electron chi connectivity index (χ2n) is 7.27. The van der Waals surface area contributed by atoms with Crippen LogP contribution in [0.4, 0.5) is 20.6 Å². The van der Waals surface area contributed by atoms with Gasteiger partial charge >= 0.3 is 6.03 Å². The fourth-order valence-electron chi connectivity index (χ4n) is 3.71. The summed E-state index contributed by atoms with van der Waals surface area (Å²) in [6, 6.07) is 15.1. The van der Waals surface area contributed by atoms with E-state index >= 15 is 0 Å². The topological polar surface area (TPSA) is 38.8 Å². The van der Waals surface area contributed by atoms with Gasteiger partial charge in [0.25, 0.3) is 0 Å². The predicted molar refractivity (Wildman–Crippen MR) is 117 cm³/mol. The van der Waals surface area contributed by atoms with Gasteiger partial charge in [-0.2, -0.15) is 0 Å². The van der Waals surface area contributed by atoms with Crippen molar-refractivity contribution in [2.45, 2.75) is 20.3 Å². The molecule has 6 heteroatoms. The number of amides is 2. The maximum atomic E-state index is 12.9. The zero-order chi connectivity index (χ0) is 20.6. The molecule has 1 aliphatic heterocycles. The van der Waals surface area contributed by atoms with Crippen LogP contribution < -0.4 is 15.1 Å². The van der Waals surface area contributed by atoms with Crippen LogP contribution in [0.3, 0.4) is 0 Å². The van der Waals surface area contributed by atoms with Crippen LogP contribution in [0.25, 0.3) is 0 Å². The van der Waals surface area contributed by atoms with Gasteiger partial charge in [-0.05, 0) is 62.2 Å². The van der Waals surface area contributed by atoms with Crippen LogP contribution in [0.1, 0.15) is 19.4 Å². The molecule has 0 aromatic heterocycles. The molecule has 0 atom stereocenters. The molecule has 2 aromatic rings. The van der Waals surface area contributed by atoms with Crippen LogP contribution in [0.5, 0.6) is 0 Å². The fraction of sp³-hybridized carbons (Fsp3) is 0.435. The summed E-state index contributed by atoms with van der Waals surface area (Å²) in [5.74, 6) is -0.238. The van der Waals surface area contributed by atoms with Gasteiger partial charge in [0, 0.05) is 57.2 Å². The van der Waals surface area contributed by atoms with Gasteiger partial charge in [0.2, 0.25) is 0 Å². The van der Waals surface area contributed by atoms with Gasteiger partial charge < -0.3 is 20.0 Å². The Hall–Kier alpha value is -2.76. The molecular formula is C23H31FN4O. The molecule has 1 fully saturated rings. The minimum absolute atomic E-state index is 0.0244. The van der Waals surface area contributed by atoms with Crippen LogP contribution in [0, 0.1) is 5.82 Å². The molecule has 29 heavy (non-hydrogen) atoms. The van der Waals surface area contributed by atoms with Crippen molar-refractivity contribution in [3.63, 3.8) is 0 Å². The Morgan fingerprint density at radius 2 is 1.59 bits per heavy atom. The number of hydrogen-bond donors (Lipinski definition) is 1. The first-order valence-corrected chi connectivity index (χ1v) is 10.5. The predicted octanol–water partition coefficient (Wildman–Crippen LogP) is 3.75. The van der Waals surface area contributed by atoms with Crippen molar-refractivity contribution in [2.75, 3.05) is 55.6 Å². The smallest absolute Gasteiger partial charge is 0.317 e. The average Bonchev–Trinajstić information content (AvgIpc) is 2.76. The van der Waals surface area contributed by atoms with Crippen LogP contribution in [-0.2, 0) is 6.42 Å². The van der Waals surface area contributed by atoms with Crippen LogP contribution in [0.2, 0.25) is 0 Å². The van der Waals surface area contributed by atoms with E-state index in [1.807, 2.05) is 4.90 Å². The first kappa shape index (κ1) is 21.0. The third-order valence-corrected chi connectivity index (χ3v) is 5.51. The number of hydrogen-bond acceptors (Lipinski definition) is 3. The van der Waals surface area contributed by atoms with E-state index in [0.717, 1.165) is 31.7 Å². The standard InChI is InChI=1S/C23H31FN4O/c1-3-26(4-2)21-9-11-22(12-10-21)27-15-17-28(18-16-27)23(29)25-14-13-19-5-7-20(24)8-6-19/h5-12H,3-4,13-18H2,1-2H3,(H,25,29). The van der Waals surface area contributed by atoms with Gasteiger partial charge in [-0.1, -0.05) is 12.1 Å². The Morgan fingerprint density at radius 3 is 2.17 bits per heavy atom. The molecule has 0 unspecified atom stereocenters. The summed E-state index contributed by atoms with van der Waals surface area (Å²) in [7, 11) is 0. The van der Waals surface area contributed by atoms with Crippen molar-refractivity contribution in [2.24, 2.45) is 0 Å².